The van der Waals surface area contributed by atoms with Crippen molar-refractivity contribution in [1.29, 1.82) is 0 Å². The maximum absolute atomic E-state index is 11.0. The average Bonchev–Trinajstić information content (AvgIpc) is 2.01. The number of thioether (sulfide) groups is 1. The van der Waals surface area contributed by atoms with E-state index in [-0.39, 0.29) is 6.54 Å². The van der Waals surface area contributed by atoms with Crippen LogP contribution >= 0.6 is 11.8 Å². The van der Waals surface area contributed by atoms with Crippen LogP contribution in [0.5, 0.6) is 0 Å². The van der Waals surface area contributed by atoms with Crippen LogP contribution < -0.4 is 4.72 Å². The van der Waals surface area contributed by atoms with Crippen molar-refractivity contribution in [1.82, 2.24) is 4.72 Å². The monoisotopic (exact) mass is 239 g/mol. The highest BCUT2D eigenvalue weighted by Gasteiger charge is 2.13. The summed E-state index contributed by atoms with van der Waals surface area (Å²) in [5.41, 5.74) is 0. The lowest BCUT2D eigenvalue weighted by Crippen LogP contribution is -2.31. The summed E-state index contributed by atoms with van der Waals surface area (Å²) in [4.78, 5) is 10.1. The van der Waals surface area contributed by atoms with E-state index in [0.29, 0.717) is 5.75 Å². The predicted octanol–water partition coefficient (Wildman–Crippen LogP) is -0.0904. The van der Waals surface area contributed by atoms with Crippen LogP contribution in [0.25, 0.3) is 0 Å². The summed E-state index contributed by atoms with van der Waals surface area (Å²) < 4.78 is 24.1. The molecular weight excluding hydrogens is 226 g/mol. The van der Waals surface area contributed by atoms with Crippen molar-refractivity contribution in [3.8, 4) is 0 Å². The van der Waals surface area contributed by atoms with Crippen LogP contribution in [0.2, 0.25) is 0 Å². The van der Waals surface area contributed by atoms with Crippen molar-refractivity contribution in [2.45, 2.75) is 0 Å². The fraction of sp³-hybridized carbons (Fsp3) is 0.571. The number of carbonyl (C=O) groups is 1. The molecule has 0 aliphatic heterocycles. The minimum absolute atomic E-state index is 0.244. The predicted molar refractivity (Wildman–Crippen MR) is 56.9 cm³/mol. The van der Waals surface area contributed by atoms with Gasteiger partial charge in [0, 0.05) is 18.1 Å². The zero-order valence-electron chi connectivity index (χ0n) is 7.60. The largest absolute Gasteiger partial charge is 0.480 e. The van der Waals surface area contributed by atoms with Crippen molar-refractivity contribution in [2.24, 2.45) is 0 Å². The standard InChI is InChI=1S/C7H13NO4S2/c1-2-4-13-5-3-8-14(11,12)6-7(9)10/h2,8H,1,3-6H2,(H,9,10). The summed E-state index contributed by atoms with van der Waals surface area (Å²) >= 11 is 1.52. The molecule has 0 aromatic heterocycles. The minimum Gasteiger partial charge on any atom is -0.480 e. The molecule has 0 aliphatic rings. The molecule has 0 heterocycles. The molecule has 2 N–H and O–H groups in total. The summed E-state index contributed by atoms with van der Waals surface area (Å²) in [6, 6.07) is 0. The quantitative estimate of drug-likeness (QED) is 0.457. The fourth-order valence-corrected chi connectivity index (χ4v) is 2.20. The molecule has 0 unspecified atom stereocenters. The second kappa shape index (κ2) is 6.86. The van der Waals surface area contributed by atoms with Gasteiger partial charge in [-0.25, -0.2) is 13.1 Å². The molecule has 0 rings (SSSR count). The lowest BCUT2D eigenvalue weighted by Gasteiger charge is -2.02. The first-order valence-corrected chi connectivity index (χ1v) is 6.66. The van der Waals surface area contributed by atoms with E-state index >= 15 is 0 Å². The van der Waals surface area contributed by atoms with Gasteiger partial charge in [0.15, 0.2) is 5.75 Å². The molecule has 5 nitrogen and oxygen atoms in total. The molecule has 0 radical (unpaired) electrons. The maximum atomic E-state index is 11.0. The van der Waals surface area contributed by atoms with Gasteiger partial charge in [0.2, 0.25) is 10.0 Å². The van der Waals surface area contributed by atoms with Crippen LogP contribution in [0.1, 0.15) is 0 Å². The Hall–Kier alpha value is -0.530. The molecule has 0 spiro atoms. The van der Waals surface area contributed by atoms with E-state index in [2.05, 4.69) is 11.3 Å². The Morgan fingerprint density at radius 3 is 2.71 bits per heavy atom. The van der Waals surface area contributed by atoms with Gasteiger partial charge in [0.25, 0.3) is 0 Å². The van der Waals surface area contributed by atoms with Gasteiger partial charge in [0.05, 0.1) is 0 Å². The average molecular weight is 239 g/mol. The van der Waals surface area contributed by atoms with Crippen molar-refractivity contribution in [3.63, 3.8) is 0 Å². The van der Waals surface area contributed by atoms with E-state index in [1.807, 2.05) is 0 Å². The molecule has 0 aromatic rings. The summed E-state index contributed by atoms with van der Waals surface area (Å²) in [5.74, 6) is -0.874. The van der Waals surface area contributed by atoms with Crippen LogP contribution in [-0.2, 0) is 14.8 Å². The van der Waals surface area contributed by atoms with Crippen LogP contribution in [0.3, 0.4) is 0 Å². The third-order valence-electron chi connectivity index (χ3n) is 1.12. The third-order valence-corrected chi connectivity index (χ3v) is 3.35. The lowest BCUT2D eigenvalue weighted by atomic mass is 10.8. The van der Waals surface area contributed by atoms with Crippen LogP contribution in [0.4, 0.5) is 0 Å². The van der Waals surface area contributed by atoms with E-state index < -0.39 is 21.7 Å². The topological polar surface area (TPSA) is 83.5 Å². The number of hydrogen-bond donors (Lipinski definition) is 2. The first-order valence-electron chi connectivity index (χ1n) is 3.85. The van der Waals surface area contributed by atoms with Crippen LogP contribution in [0.15, 0.2) is 12.7 Å². The van der Waals surface area contributed by atoms with Gasteiger partial charge < -0.3 is 5.11 Å². The SMILES string of the molecule is C=CCSCCNS(=O)(=O)CC(=O)O. The van der Waals surface area contributed by atoms with Gasteiger partial charge >= 0.3 is 5.97 Å². The van der Waals surface area contributed by atoms with E-state index in [1.54, 1.807) is 6.08 Å². The molecule has 0 saturated heterocycles. The molecule has 14 heavy (non-hydrogen) atoms. The second-order valence-corrected chi connectivity index (χ2v) is 5.37. The number of rotatable bonds is 8. The number of hydrogen-bond acceptors (Lipinski definition) is 4. The van der Waals surface area contributed by atoms with Gasteiger partial charge in [-0.3, -0.25) is 4.79 Å². The van der Waals surface area contributed by atoms with E-state index in [1.165, 1.54) is 11.8 Å². The first kappa shape index (κ1) is 13.5. The molecule has 0 saturated carbocycles. The van der Waals surface area contributed by atoms with E-state index in [4.69, 9.17) is 5.11 Å². The highest BCUT2D eigenvalue weighted by molar-refractivity contribution is 7.99. The molecule has 0 fully saturated rings. The molecule has 0 aliphatic carbocycles. The zero-order chi connectivity index (χ0) is 11.0. The highest BCUT2D eigenvalue weighted by Crippen LogP contribution is 1.97. The van der Waals surface area contributed by atoms with Gasteiger partial charge in [-0.2, -0.15) is 11.8 Å². The Morgan fingerprint density at radius 1 is 1.57 bits per heavy atom. The normalized spacial score (nSPS) is 11.1. The first-order chi connectivity index (χ1) is 6.48. The second-order valence-electron chi connectivity index (χ2n) is 2.41. The number of carboxylic acids is 1. The van der Waals surface area contributed by atoms with Crippen molar-refractivity contribution in [2.75, 3.05) is 23.8 Å². The Morgan fingerprint density at radius 2 is 2.21 bits per heavy atom. The summed E-state index contributed by atoms with van der Waals surface area (Å²) in [6.07, 6.45) is 1.72. The minimum atomic E-state index is -3.66. The molecule has 0 aromatic carbocycles. The Kier molecular flexibility index (Phi) is 6.60. The van der Waals surface area contributed by atoms with Crippen LogP contribution in [0, 0.1) is 0 Å². The molecule has 82 valence electrons. The number of nitrogens with one attached hydrogen (secondary N) is 1. The molecular formula is C7H13NO4S2. The van der Waals surface area contributed by atoms with Crippen LogP contribution in [-0.4, -0.2) is 43.3 Å². The third kappa shape index (κ3) is 8.09. The molecule has 0 atom stereocenters. The Labute approximate surface area is 87.6 Å². The van der Waals surface area contributed by atoms with Crippen molar-refractivity contribution >= 4 is 27.8 Å². The van der Waals surface area contributed by atoms with Gasteiger partial charge in [0.1, 0.15) is 0 Å². The highest BCUT2D eigenvalue weighted by atomic mass is 32.2. The summed E-state index contributed by atoms with van der Waals surface area (Å²) in [5, 5.41) is 8.25. The Bertz CT molecular complexity index is 286. The van der Waals surface area contributed by atoms with E-state index in [9.17, 15) is 13.2 Å². The van der Waals surface area contributed by atoms with Gasteiger partial charge in [-0.1, -0.05) is 6.08 Å². The summed E-state index contributed by atoms with van der Waals surface area (Å²) in [6.45, 7) is 3.75. The molecule has 0 bridgehead atoms. The van der Waals surface area contributed by atoms with Crippen molar-refractivity contribution in [3.05, 3.63) is 12.7 Å². The van der Waals surface area contributed by atoms with Gasteiger partial charge in [-0.05, 0) is 0 Å². The van der Waals surface area contributed by atoms with Gasteiger partial charge in [-0.15, -0.1) is 6.58 Å². The molecule has 0 amide bonds. The lowest BCUT2D eigenvalue weighted by molar-refractivity contribution is -0.134. The summed E-state index contributed by atoms with van der Waals surface area (Å²) in [7, 11) is -3.66. The number of aliphatic carboxylic acids is 1. The zero-order valence-corrected chi connectivity index (χ0v) is 9.23. The fourth-order valence-electron chi connectivity index (χ4n) is 0.650. The van der Waals surface area contributed by atoms with Crippen molar-refractivity contribution < 1.29 is 18.3 Å². The number of sulfonamides is 1. The maximum Gasteiger partial charge on any atom is 0.320 e. The number of carboxylic acid groups (broad SMARTS) is 1. The smallest absolute Gasteiger partial charge is 0.320 e. The van der Waals surface area contributed by atoms with E-state index in [0.717, 1.165) is 5.75 Å². The Balaban J connectivity index is 3.66. The molecule has 7 heteroatoms.